The lowest BCUT2D eigenvalue weighted by atomic mass is 10.1. The highest BCUT2D eigenvalue weighted by Crippen LogP contribution is 2.24. The molecule has 1 aliphatic heterocycles. The van der Waals surface area contributed by atoms with Gasteiger partial charge in [0, 0.05) is 38.3 Å². The van der Waals surface area contributed by atoms with Gasteiger partial charge in [-0.1, -0.05) is 60.7 Å². The summed E-state index contributed by atoms with van der Waals surface area (Å²) in [6.45, 7) is 3.44. The van der Waals surface area contributed by atoms with Crippen LogP contribution < -0.4 is 0 Å². The Morgan fingerprint density at radius 1 is 0.853 bits per heavy atom. The molecule has 0 bridgehead atoms. The number of imidazole rings is 1. The summed E-state index contributed by atoms with van der Waals surface area (Å²) in [6.07, 6.45) is 0. The zero-order chi connectivity index (χ0) is 23.3. The number of hydrogen-bond acceptors (Lipinski definition) is 5. The molecule has 172 valence electrons. The first kappa shape index (κ1) is 21.9. The fourth-order valence-corrected chi connectivity index (χ4v) is 4.24. The summed E-state index contributed by atoms with van der Waals surface area (Å²) < 4.78 is 5.42. The molecule has 1 fully saturated rings. The predicted octanol–water partition coefficient (Wildman–Crippen LogP) is 3.73. The Labute approximate surface area is 198 Å². The number of hydrogen-bond donors (Lipinski definition) is 1. The number of aromatic amines is 1. The summed E-state index contributed by atoms with van der Waals surface area (Å²) in [7, 11) is 0. The first-order chi connectivity index (χ1) is 16.7. The molecule has 1 saturated heterocycles. The lowest BCUT2D eigenvalue weighted by Crippen LogP contribution is -2.49. The molecule has 7 nitrogen and oxygen atoms in total. The van der Waals surface area contributed by atoms with E-state index in [0.29, 0.717) is 30.0 Å². The normalized spacial score (nSPS) is 14.3. The third-order valence-corrected chi connectivity index (χ3v) is 6.09. The van der Waals surface area contributed by atoms with E-state index in [1.165, 1.54) is 5.56 Å². The van der Waals surface area contributed by atoms with Crippen LogP contribution in [0.2, 0.25) is 0 Å². The molecule has 0 aliphatic carbocycles. The number of H-pyrrole nitrogens is 1. The van der Waals surface area contributed by atoms with Crippen molar-refractivity contribution in [2.24, 2.45) is 0 Å². The van der Waals surface area contributed by atoms with E-state index in [2.05, 4.69) is 27.0 Å². The smallest absolute Gasteiger partial charge is 0.339 e. The van der Waals surface area contributed by atoms with Crippen molar-refractivity contribution < 1.29 is 14.3 Å². The van der Waals surface area contributed by atoms with E-state index in [0.717, 1.165) is 30.7 Å². The van der Waals surface area contributed by atoms with Crippen LogP contribution in [0.25, 0.3) is 22.4 Å². The molecular formula is C27H26N4O3. The van der Waals surface area contributed by atoms with Crippen molar-refractivity contribution in [3.63, 3.8) is 0 Å². The highest BCUT2D eigenvalue weighted by atomic mass is 16.5. The number of aromatic nitrogens is 2. The van der Waals surface area contributed by atoms with Crippen LogP contribution in [-0.2, 0) is 16.1 Å². The average Bonchev–Trinajstić information content (AvgIpc) is 3.32. The Hall–Kier alpha value is -3.97. The Bertz CT molecular complexity index is 1260. The fourth-order valence-electron chi connectivity index (χ4n) is 4.24. The minimum absolute atomic E-state index is 0.172. The predicted molar refractivity (Wildman–Crippen MR) is 130 cm³/mol. The second-order valence-electron chi connectivity index (χ2n) is 8.37. The third-order valence-electron chi connectivity index (χ3n) is 6.09. The molecule has 5 rings (SSSR count). The zero-order valence-corrected chi connectivity index (χ0v) is 18.8. The number of amides is 1. The van der Waals surface area contributed by atoms with Crippen LogP contribution in [0.1, 0.15) is 15.9 Å². The SMILES string of the molecule is O=C(OCC(=O)N1CCN(Cc2ccccc2)CC1)c1ccccc1-c1nc2ccccc2[nH]1. The van der Waals surface area contributed by atoms with Gasteiger partial charge in [-0.3, -0.25) is 9.69 Å². The number of benzene rings is 3. The van der Waals surface area contributed by atoms with E-state index in [9.17, 15) is 9.59 Å². The standard InChI is InChI=1S/C27H26N4O3/c32-25(31-16-14-30(15-17-31)18-20-8-2-1-3-9-20)19-34-27(33)22-11-5-4-10-21(22)26-28-23-12-6-7-13-24(23)29-26/h1-13H,14-19H2,(H,28,29). The van der Waals surface area contributed by atoms with Gasteiger partial charge in [0.15, 0.2) is 6.61 Å². The van der Waals surface area contributed by atoms with Crippen molar-refractivity contribution >= 4 is 22.9 Å². The number of carbonyl (C=O) groups excluding carboxylic acids is 2. The molecule has 1 aliphatic rings. The topological polar surface area (TPSA) is 78.5 Å². The lowest BCUT2D eigenvalue weighted by Gasteiger charge is -2.34. The van der Waals surface area contributed by atoms with Gasteiger partial charge in [0.05, 0.1) is 16.6 Å². The van der Waals surface area contributed by atoms with Gasteiger partial charge < -0.3 is 14.6 Å². The van der Waals surface area contributed by atoms with Crippen LogP contribution in [0.4, 0.5) is 0 Å². The monoisotopic (exact) mass is 454 g/mol. The molecular weight excluding hydrogens is 428 g/mol. The lowest BCUT2D eigenvalue weighted by molar-refractivity contribution is -0.136. The number of ether oxygens (including phenoxy) is 1. The maximum absolute atomic E-state index is 12.9. The van der Waals surface area contributed by atoms with E-state index in [1.54, 1.807) is 17.0 Å². The van der Waals surface area contributed by atoms with E-state index in [1.807, 2.05) is 54.6 Å². The molecule has 0 radical (unpaired) electrons. The summed E-state index contributed by atoms with van der Waals surface area (Å²) in [6, 6.07) is 25.1. The van der Waals surface area contributed by atoms with Gasteiger partial charge in [-0.05, 0) is 23.8 Å². The van der Waals surface area contributed by atoms with Crippen LogP contribution >= 0.6 is 0 Å². The second-order valence-corrected chi connectivity index (χ2v) is 8.37. The molecule has 34 heavy (non-hydrogen) atoms. The first-order valence-corrected chi connectivity index (χ1v) is 11.4. The van der Waals surface area contributed by atoms with Crippen LogP contribution in [-0.4, -0.2) is 64.4 Å². The summed E-state index contributed by atoms with van der Waals surface area (Å²) in [4.78, 5) is 37.5. The molecule has 0 unspecified atom stereocenters. The van der Waals surface area contributed by atoms with Gasteiger partial charge >= 0.3 is 5.97 Å². The maximum atomic E-state index is 12.9. The molecule has 1 aromatic heterocycles. The molecule has 2 heterocycles. The number of fused-ring (bicyclic) bond motifs is 1. The molecule has 0 spiro atoms. The van der Waals surface area contributed by atoms with Gasteiger partial charge in [0.25, 0.3) is 5.91 Å². The summed E-state index contributed by atoms with van der Waals surface area (Å²) in [5.74, 6) is -0.115. The van der Waals surface area contributed by atoms with E-state index < -0.39 is 5.97 Å². The number of para-hydroxylation sites is 2. The number of nitrogens with zero attached hydrogens (tertiary/aromatic N) is 3. The Kier molecular flexibility index (Phi) is 6.35. The number of nitrogens with one attached hydrogen (secondary N) is 1. The maximum Gasteiger partial charge on any atom is 0.339 e. The van der Waals surface area contributed by atoms with Crippen molar-refractivity contribution in [3.05, 3.63) is 90.0 Å². The summed E-state index contributed by atoms with van der Waals surface area (Å²) in [5, 5.41) is 0. The van der Waals surface area contributed by atoms with E-state index in [4.69, 9.17) is 4.74 Å². The molecule has 3 aromatic carbocycles. The van der Waals surface area contributed by atoms with Crippen LogP contribution in [0.15, 0.2) is 78.9 Å². The van der Waals surface area contributed by atoms with Gasteiger partial charge in [-0.15, -0.1) is 0 Å². The summed E-state index contributed by atoms with van der Waals surface area (Å²) in [5.41, 5.74) is 4.00. The van der Waals surface area contributed by atoms with Gasteiger partial charge in [0.1, 0.15) is 5.82 Å². The summed E-state index contributed by atoms with van der Waals surface area (Å²) >= 11 is 0. The number of rotatable bonds is 6. The minimum atomic E-state index is -0.535. The Balaban J connectivity index is 1.18. The average molecular weight is 455 g/mol. The number of piperazine rings is 1. The van der Waals surface area contributed by atoms with Gasteiger partial charge in [-0.25, -0.2) is 9.78 Å². The van der Waals surface area contributed by atoms with Crippen molar-refractivity contribution in [2.75, 3.05) is 32.8 Å². The molecule has 7 heteroatoms. The van der Waals surface area contributed by atoms with E-state index >= 15 is 0 Å². The minimum Gasteiger partial charge on any atom is -0.452 e. The number of esters is 1. The van der Waals surface area contributed by atoms with Crippen LogP contribution in [0.5, 0.6) is 0 Å². The van der Waals surface area contributed by atoms with E-state index in [-0.39, 0.29) is 12.5 Å². The quantitative estimate of drug-likeness (QED) is 0.449. The Morgan fingerprint density at radius 3 is 2.35 bits per heavy atom. The van der Waals surface area contributed by atoms with Crippen LogP contribution in [0.3, 0.4) is 0 Å². The first-order valence-electron chi connectivity index (χ1n) is 11.4. The number of carbonyl (C=O) groups is 2. The molecule has 1 amide bonds. The fraction of sp³-hybridized carbons (Fsp3) is 0.222. The van der Waals surface area contributed by atoms with Crippen molar-refractivity contribution in [3.8, 4) is 11.4 Å². The second kappa shape index (κ2) is 9.89. The zero-order valence-electron chi connectivity index (χ0n) is 18.8. The molecule has 0 atom stereocenters. The van der Waals surface area contributed by atoms with Gasteiger partial charge in [-0.2, -0.15) is 0 Å². The van der Waals surface area contributed by atoms with Crippen molar-refractivity contribution in [1.29, 1.82) is 0 Å². The molecule has 0 saturated carbocycles. The van der Waals surface area contributed by atoms with Gasteiger partial charge in [0.2, 0.25) is 0 Å². The van der Waals surface area contributed by atoms with Crippen molar-refractivity contribution in [1.82, 2.24) is 19.8 Å². The van der Waals surface area contributed by atoms with Crippen LogP contribution in [0, 0.1) is 0 Å². The highest BCUT2D eigenvalue weighted by molar-refractivity contribution is 5.98. The highest BCUT2D eigenvalue weighted by Gasteiger charge is 2.23. The Morgan fingerprint density at radius 2 is 1.56 bits per heavy atom. The third kappa shape index (κ3) is 4.84. The van der Waals surface area contributed by atoms with Crippen molar-refractivity contribution in [2.45, 2.75) is 6.54 Å². The largest absolute Gasteiger partial charge is 0.452 e. The molecule has 4 aromatic rings. The molecule has 1 N–H and O–H groups in total.